The van der Waals surface area contributed by atoms with Gasteiger partial charge in [0.15, 0.2) is 0 Å². The molecule has 27 heavy (non-hydrogen) atoms. The molecular formula is C20H29N3O3S. The molecule has 0 radical (unpaired) electrons. The minimum Gasteiger partial charge on any atom is -0.328 e. The molecule has 1 aromatic rings. The van der Waals surface area contributed by atoms with E-state index in [0.717, 1.165) is 24.8 Å². The number of nitrogens with zero attached hydrogens (tertiary/aromatic N) is 2. The number of carbonyl (C=O) groups is 1. The van der Waals surface area contributed by atoms with E-state index in [2.05, 4.69) is 24.4 Å². The molecule has 1 N–H and O–H groups in total. The van der Waals surface area contributed by atoms with Crippen LogP contribution in [0, 0.1) is 5.92 Å². The van der Waals surface area contributed by atoms with Crippen molar-refractivity contribution in [2.24, 2.45) is 5.92 Å². The van der Waals surface area contributed by atoms with Crippen molar-refractivity contribution in [3.63, 3.8) is 0 Å². The van der Waals surface area contributed by atoms with Crippen LogP contribution in [0.1, 0.15) is 37.8 Å². The van der Waals surface area contributed by atoms with Crippen LogP contribution in [0.5, 0.6) is 0 Å². The van der Waals surface area contributed by atoms with Gasteiger partial charge in [0.1, 0.15) is 0 Å². The zero-order valence-corrected chi connectivity index (χ0v) is 17.1. The van der Waals surface area contributed by atoms with Crippen molar-refractivity contribution in [1.29, 1.82) is 0 Å². The van der Waals surface area contributed by atoms with Gasteiger partial charge in [0.25, 0.3) is 0 Å². The third kappa shape index (κ3) is 4.19. The first-order valence-corrected chi connectivity index (χ1v) is 11.3. The van der Waals surface area contributed by atoms with Crippen molar-refractivity contribution in [3.8, 4) is 0 Å². The van der Waals surface area contributed by atoms with Crippen molar-refractivity contribution in [2.75, 3.05) is 26.4 Å². The summed E-state index contributed by atoms with van der Waals surface area (Å²) in [6.07, 6.45) is 8.22. The van der Waals surface area contributed by atoms with Crippen molar-refractivity contribution in [1.82, 2.24) is 14.5 Å². The molecule has 0 saturated carbocycles. The van der Waals surface area contributed by atoms with Gasteiger partial charge in [0, 0.05) is 20.1 Å². The highest BCUT2D eigenvalue weighted by atomic mass is 32.2. The molecule has 0 aromatic heterocycles. The molecule has 3 rings (SSSR count). The van der Waals surface area contributed by atoms with Crippen LogP contribution >= 0.6 is 0 Å². The Kier molecular flexibility index (Phi) is 5.63. The van der Waals surface area contributed by atoms with Crippen LogP contribution in [0.15, 0.2) is 42.5 Å². The van der Waals surface area contributed by atoms with E-state index in [0.29, 0.717) is 19.0 Å². The van der Waals surface area contributed by atoms with Gasteiger partial charge in [-0.15, -0.1) is 0 Å². The molecule has 1 aromatic carbocycles. The molecule has 6 nitrogen and oxygen atoms in total. The zero-order valence-electron chi connectivity index (χ0n) is 16.3. The quantitative estimate of drug-likeness (QED) is 0.785. The van der Waals surface area contributed by atoms with Crippen LogP contribution in [-0.4, -0.2) is 55.6 Å². The van der Waals surface area contributed by atoms with E-state index in [-0.39, 0.29) is 12.1 Å². The van der Waals surface area contributed by atoms with Crippen molar-refractivity contribution >= 4 is 16.1 Å². The summed E-state index contributed by atoms with van der Waals surface area (Å²) < 4.78 is 24.8. The van der Waals surface area contributed by atoms with Gasteiger partial charge in [-0.05, 0) is 37.7 Å². The van der Waals surface area contributed by atoms with Crippen LogP contribution in [-0.2, 0) is 10.0 Å². The number of likely N-dealkylation sites (N-methyl/N-ethyl adjacent to an activating group) is 1. The predicted molar refractivity (Wildman–Crippen MR) is 107 cm³/mol. The number of allylic oxidation sites excluding steroid dienone is 1. The van der Waals surface area contributed by atoms with Gasteiger partial charge in [-0.25, -0.2) is 17.5 Å². The fraction of sp³-hybridized carbons (Fsp3) is 0.550. The topological polar surface area (TPSA) is 69.7 Å². The Bertz CT molecular complexity index is 801. The Labute approximate surface area is 162 Å². The number of rotatable bonds is 5. The second-order valence-corrected chi connectivity index (χ2v) is 9.80. The Balaban J connectivity index is 1.67. The number of piperidine rings is 1. The molecular weight excluding hydrogens is 362 g/mol. The molecule has 2 atom stereocenters. The predicted octanol–water partition coefficient (Wildman–Crippen LogP) is 2.76. The first-order valence-electron chi connectivity index (χ1n) is 9.44. The van der Waals surface area contributed by atoms with Crippen LogP contribution in [0.2, 0.25) is 0 Å². The SMILES string of the molecule is CN1C(=O)NC(c2ccccc2)C1(C)C=CCC1CCN(S(C)(=O)=O)CC1. The molecule has 7 heteroatoms. The lowest BCUT2D eigenvalue weighted by molar-refractivity contribution is 0.201. The Morgan fingerprint density at radius 1 is 1.22 bits per heavy atom. The monoisotopic (exact) mass is 391 g/mol. The highest BCUT2D eigenvalue weighted by Crippen LogP contribution is 2.37. The molecule has 0 bridgehead atoms. The highest BCUT2D eigenvalue weighted by molar-refractivity contribution is 7.88. The fourth-order valence-corrected chi connectivity index (χ4v) is 4.90. The van der Waals surface area contributed by atoms with E-state index in [9.17, 15) is 13.2 Å². The van der Waals surface area contributed by atoms with Gasteiger partial charge in [-0.2, -0.15) is 0 Å². The van der Waals surface area contributed by atoms with Gasteiger partial charge in [0.05, 0.1) is 17.8 Å². The molecule has 2 fully saturated rings. The Hall–Kier alpha value is -1.86. The van der Waals surface area contributed by atoms with Gasteiger partial charge in [-0.3, -0.25) is 0 Å². The molecule has 2 amide bonds. The average molecular weight is 392 g/mol. The molecule has 2 aliphatic heterocycles. The second kappa shape index (κ2) is 7.64. The maximum atomic E-state index is 12.3. The summed E-state index contributed by atoms with van der Waals surface area (Å²) in [6.45, 7) is 3.27. The summed E-state index contributed by atoms with van der Waals surface area (Å²) in [7, 11) is -1.25. The first kappa shape index (κ1) is 19.9. The normalized spacial score (nSPS) is 28.0. The number of sulfonamides is 1. The lowest BCUT2D eigenvalue weighted by Crippen LogP contribution is -2.41. The molecule has 2 aliphatic rings. The van der Waals surface area contributed by atoms with Crippen LogP contribution < -0.4 is 5.32 Å². The van der Waals surface area contributed by atoms with E-state index in [1.54, 1.807) is 9.21 Å². The zero-order chi connectivity index (χ0) is 19.7. The van der Waals surface area contributed by atoms with E-state index in [1.807, 2.05) is 37.4 Å². The third-order valence-electron chi connectivity index (χ3n) is 5.98. The fourth-order valence-electron chi connectivity index (χ4n) is 4.03. The van der Waals surface area contributed by atoms with E-state index in [1.165, 1.54) is 6.26 Å². The lowest BCUT2D eigenvalue weighted by atomic mass is 9.86. The number of hydrogen-bond acceptors (Lipinski definition) is 3. The molecule has 2 heterocycles. The average Bonchev–Trinajstić information content (AvgIpc) is 2.87. The minimum atomic E-state index is -3.08. The molecule has 2 saturated heterocycles. The van der Waals surface area contributed by atoms with Crippen LogP contribution in [0.25, 0.3) is 0 Å². The summed E-state index contributed by atoms with van der Waals surface area (Å²) in [5.74, 6) is 0.480. The van der Waals surface area contributed by atoms with E-state index < -0.39 is 15.6 Å². The van der Waals surface area contributed by atoms with Crippen molar-refractivity contribution in [3.05, 3.63) is 48.0 Å². The third-order valence-corrected chi connectivity index (χ3v) is 7.28. The number of hydrogen-bond donors (Lipinski definition) is 1. The first-order chi connectivity index (χ1) is 12.7. The summed E-state index contributed by atoms with van der Waals surface area (Å²) in [6, 6.07) is 9.85. The second-order valence-electron chi connectivity index (χ2n) is 7.82. The van der Waals surface area contributed by atoms with E-state index >= 15 is 0 Å². The molecule has 0 spiro atoms. The minimum absolute atomic E-state index is 0.0718. The summed E-state index contributed by atoms with van der Waals surface area (Å²) in [4.78, 5) is 14.0. The number of amides is 2. The van der Waals surface area contributed by atoms with Gasteiger partial charge >= 0.3 is 6.03 Å². The summed E-state index contributed by atoms with van der Waals surface area (Å²) in [5.41, 5.74) is 0.648. The van der Waals surface area contributed by atoms with Crippen molar-refractivity contribution < 1.29 is 13.2 Å². The van der Waals surface area contributed by atoms with Crippen molar-refractivity contribution in [2.45, 2.75) is 37.8 Å². The largest absolute Gasteiger partial charge is 0.328 e. The standard InChI is InChI=1S/C20H29N3O3S/c1-20(13-7-8-16-11-14-23(15-12-16)27(3,25)26)18(21-19(24)22(20)2)17-9-5-4-6-10-17/h4-7,9-10,13,16,18H,8,11-12,14-15H2,1-3H3,(H,21,24). The maximum Gasteiger partial charge on any atom is 0.318 e. The highest BCUT2D eigenvalue weighted by Gasteiger charge is 2.46. The van der Waals surface area contributed by atoms with Gasteiger partial charge in [0.2, 0.25) is 10.0 Å². The van der Waals surface area contributed by atoms with Gasteiger partial charge < -0.3 is 10.2 Å². The smallest absolute Gasteiger partial charge is 0.318 e. The van der Waals surface area contributed by atoms with Gasteiger partial charge in [-0.1, -0.05) is 42.5 Å². The number of nitrogens with one attached hydrogen (secondary N) is 1. The Morgan fingerprint density at radius 2 is 1.85 bits per heavy atom. The van der Waals surface area contributed by atoms with E-state index in [4.69, 9.17) is 0 Å². The molecule has 148 valence electrons. The summed E-state index contributed by atoms with van der Waals surface area (Å²) in [5, 5.41) is 3.08. The number of carbonyl (C=O) groups excluding carboxylic acids is 1. The summed E-state index contributed by atoms with van der Waals surface area (Å²) >= 11 is 0. The lowest BCUT2D eigenvalue weighted by Gasteiger charge is -2.33. The number of urea groups is 1. The van der Waals surface area contributed by atoms with Crippen LogP contribution in [0.4, 0.5) is 4.79 Å². The van der Waals surface area contributed by atoms with Crippen LogP contribution in [0.3, 0.4) is 0 Å². The maximum absolute atomic E-state index is 12.3. The molecule has 0 aliphatic carbocycles. The Morgan fingerprint density at radius 3 is 2.44 bits per heavy atom. The molecule has 2 unspecified atom stereocenters. The number of benzene rings is 1.